The van der Waals surface area contributed by atoms with Crippen molar-refractivity contribution in [1.82, 2.24) is 25.5 Å². The zero-order valence-corrected chi connectivity index (χ0v) is 11.0. The molecule has 0 bridgehead atoms. The quantitative estimate of drug-likeness (QED) is 0.854. The monoisotopic (exact) mass is 272 g/mol. The maximum Gasteiger partial charge on any atom is 0.228 e. The van der Waals surface area contributed by atoms with Crippen LogP contribution in [0, 0.1) is 5.92 Å². The van der Waals surface area contributed by atoms with Crippen molar-refractivity contribution >= 4 is 11.6 Å². The van der Waals surface area contributed by atoms with Gasteiger partial charge in [0.25, 0.3) is 0 Å². The van der Waals surface area contributed by atoms with E-state index in [-0.39, 0.29) is 11.8 Å². The highest BCUT2D eigenvalue weighted by Crippen LogP contribution is 2.16. The van der Waals surface area contributed by atoms with Crippen LogP contribution in [-0.4, -0.2) is 39.2 Å². The fraction of sp³-hybridized carbons (Fsp3) is 0.385. The minimum absolute atomic E-state index is 0.0421. The molecule has 1 atom stereocenters. The van der Waals surface area contributed by atoms with E-state index in [4.69, 9.17) is 0 Å². The SMILES string of the molecule is O=C(Nc1cccc(-n2cnnn2)c1)C1CCCNC1. The van der Waals surface area contributed by atoms with Crippen molar-refractivity contribution < 1.29 is 4.79 Å². The highest BCUT2D eigenvalue weighted by Gasteiger charge is 2.20. The van der Waals surface area contributed by atoms with Crippen LogP contribution >= 0.6 is 0 Å². The molecule has 2 N–H and O–H groups in total. The van der Waals surface area contributed by atoms with E-state index in [1.54, 1.807) is 4.68 Å². The third-order valence-electron chi connectivity index (χ3n) is 3.39. The van der Waals surface area contributed by atoms with Gasteiger partial charge in [0.05, 0.1) is 11.6 Å². The molecule has 2 aromatic rings. The molecule has 0 radical (unpaired) electrons. The van der Waals surface area contributed by atoms with Crippen molar-refractivity contribution in [3.05, 3.63) is 30.6 Å². The summed E-state index contributed by atoms with van der Waals surface area (Å²) >= 11 is 0. The Hall–Kier alpha value is -2.28. The summed E-state index contributed by atoms with van der Waals surface area (Å²) in [6, 6.07) is 7.46. The normalized spacial score (nSPS) is 18.7. The fourth-order valence-electron chi connectivity index (χ4n) is 2.33. The topological polar surface area (TPSA) is 84.7 Å². The number of anilines is 1. The molecule has 1 aromatic heterocycles. The van der Waals surface area contributed by atoms with Crippen molar-refractivity contribution in [3.8, 4) is 5.69 Å². The molecule has 7 heteroatoms. The zero-order valence-electron chi connectivity index (χ0n) is 11.0. The number of nitrogens with zero attached hydrogens (tertiary/aromatic N) is 4. The summed E-state index contributed by atoms with van der Waals surface area (Å²) in [4.78, 5) is 12.2. The number of piperidine rings is 1. The number of benzene rings is 1. The average molecular weight is 272 g/mol. The maximum absolute atomic E-state index is 12.2. The molecule has 7 nitrogen and oxygen atoms in total. The third-order valence-corrected chi connectivity index (χ3v) is 3.39. The fourth-order valence-corrected chi connectivity index (χ4v) is 2.33. The number of rotatable bonds is 3. The maximum atomic E-state index is 12.2. The molecule has 1 aliphatic heterocycles. The Labute approximate surface area is 116 Å². The minimum Gasteiger partial charge on any atom is -0.326 e. The van der Waals surface area contributed by atoms with Crippen LogP contribution in [0.3, 0.4) is 0 Å². The highest BCUT2D eigenvalue weighted by molar-refractivity contribution is 5.93. The second-order valence-electron chi connectivity index (χ2n) is 4.84. The lowest BCUT2D eigenvalue weighted by Crippen LogP contribution is -2.37. The van der Waals surface area contributed by atoms with E-state index in [1.807, 2.05) is 24.3 Å². The van der Waals surface area contributed by atoms with Crippen molar-refractivity contribution in [2.45, 2.75) is 12.8 Å². The number of carbonyl (C=O) groups is 1. The number of nitrogens with one attached hydrogen (secondary N) is 2. The lowest BCUT2D eigenvalue weighted by molar-refractivity contribution is -0.120. The lowest BCUT2D eigenvalue weighted by Gasteiger charge is -2.21. The summed E-state index contributed by atoms with van der Waals surface area (Å²) in [5.74, 6) is 0.103. The van der Waals surface area contributed by atoms with Crippen molar-refractivity contribution in [2.75, 3.05) is 18.4 Å². The van der Waals surface area contributed by atoms with Crippen LogP contribution in [0.2, 0.25) is 0 Å². The molecule has 20 heavy (non-hydrogen) atoms. The smallest absolute Gasteiger partial charge is 0.228 e. The molecule has 1 aromatic carbocycles. The first-order valence-corrected chi connectivity index (χ1v) is 6.68. The molecule has 0 saturated carbocycles. The number of hydrogen-bond donors (Lipinski definition) is 2. The Morgan fingerprint density at radius 3 is 3.15 bits per heavy atom. The number of amides is 1. The molecular formula is C13H16N6O. The van der Waals surface area contributed by atoms with E-state index >= 15 is 0 Å². The van der Waals surface area contributed by atoms with E-state index in [9.17, 15) is 4.79 Å². The highest BCUT2D eigenvalue weighted by atomic mass is 16.1. The van der Waals surface area contributed by atoms with Crippen LogP contribution in [0.5, 0.6) is 0 Å². The first kappa shape index (κ1) is 12.7. The lowest BCUT2D eigenvalue weighted by atomic mass is 9.99. The summed E-state index contributed by atoms with van der Waals surface area (Å²) in [7, 11) is 0. The Balaban J connectivity index is 1.71. The largest absolute Gasteiger partial charge is 0.326 e. The second kappa shape index (κ2) is 5.79. The van der Waals surface area contributed by atoms with Gasteiger partial charge in [-0.15, -0.1) is 5.10 Å². The van der Waals surface area contributed by atoms with Gasteiger partial charge in [0.15, 0.2) is 0 Å². The molecule has 1 amide bonds. The van der Waals surface area contributed by atoms with Gasteiger partial charge in [-0.3, -0.25) is 4.79 Å². The number of tetrazole rings is 1. The van der Waals surface area contributed by atoms with Gasteiger partial charge in [-0.1, -0.05) is 6.07 Å². The van der Waals surface area contributed by atoms with Crippen LogP contribution in [0.1, 0.15) is 12.8 Å². The summed E-state index contributed by atoms with van der Waals surface area (Å²) in [6.07, 6.45) is 3.50. The average Bonchev–Trinajstić information content (AvgIpc) is 3.03. The summed E-state index contributed by atoms with van der Waals surface area (Å²) in [5, 5.41) is 17.2. The number of hydrogen-bond acceptors (Lipinski definition) is 5. The van der Waals surface area contributed by atoms with Gasteiger partial charge in [-0.05, 0) is 48.0 Å². The zero-order chi connectivity index (χ0) is 13.8. The summed E-state index contributed by atoms with van der Waals surface area (Å²) < 4.78 is 1.55. The van der Waals surface area contributed by atoms with Crippen LogP contribution < -0.4 is 10.6 Å². The minimum atomic E-state index is 0.0421. The van der Waals surface area contributed by atoms with Gasteiger partial charge in [0.1, 0.15) is 6.33 Å². The van der Waals surface area contributed by atoms with E-state index < -0.39 is 0 Å². The van der Waals surface area contributed by atoms with E-state index in [1.165, 1.54) is 6.33 Å². The van der Waals surface area contributed by atoms with Crippen LogP contribution in [0.4, 0.5) is 5.69 Å². The Morgan fingerprint density at radius 1 is 1.45 bits per heavy atom. The van der Waals surface area contributed by atoms with Crippen molar-refractivity contribution in [2.24, 2.45) is 5.92 Å². The second-order valence-corrected chi connectivity index (χ2v) is 4.84. The molecule has 0 aliphatic carbocycles. The summed E-state index contributed by atoms with van der Waals surface area (Å²) in [5.41, 5.74) is 1.57. The van der Waals surface area contributed by atoms with Crippen molar-refractivity contribution in [1.29, 1.82) is 0 Å². The first-order valence-electron chi connectivity index (χ1n) is 6.68. The molecule has 104 valence electrons. The molecule has 0 spiro atoms. The molecule has 1 unspecified atom stereocenters. The molecule has 3 rings (SSSR count). The molecule has 2 heterocycles. The van der Waals surface area contributed by atoms with Crippen LogP contribution in [-0.2, 0) is 4.79 Å². The Morgan fingerprint density at radius 2 is 2.40 bits per heavy atom. The standard InChI is InChI=1S/C13H16N6O/c20-13(10-3-2-6-14-8-10)16-11-4-1-5-12(7-11)19-9-15-17-18-19/h1,4-5,7,9-10,14H,2-3,6,8H2,(H,16,20). The van der Waals surface area contributed by atoms with Crippen LogP contribution in [0.15, 0.2) is 30.6 Å². The van der Waals surface area contributed by atoms with Gasteiger partial charge < -0.3 is 10.6 Å². The number of aromatic nitrogens is 4. The molecule has 1 fully saturated rings. The Kier molecular flexibility index (Phi) is 3.69. The van der Waals surface area contributed by atoms with Crippen molar-refractivity contribution in [3.63, 3.8) is 0 Å². The predicted octanol–water partition coefficient (Wildman–Crippen LogP) is 0.600. The molecule has 1 saturated heterocycles. The van der Waals surface area contributed by atoms with Gasteiger partial charge in [0.2, 0.25) is 5.91 Å². The van der Waals surface area contributed by atoms with Gasteiger partial charge >= 0.3 is 0 Å². The van der Waals surface area contributed by atoms with E-state index in [0.29, 0.717) is 0 Å². The van der Waals surface area contributed by atoms with Gasteiger partial charge in [-0.2, -0.15) is 0 Å². The Bertz CT molecular complexity index is 576. The summed E-state index contributed by atoms with van der Waals surface area (Å²) in [6.45, 7) is 1.75. The predicted molar refractivity (Wildman–Crippen MR) is 73.4 cm³/mol. The first-order chi connectivity index (χ1) is 9.83. The molecular weight excluding hydrogens is 256 g/mol. The van der Waals surface area contributed by atoms with Gasteiger partial charge in [-0.25, -0.2) is 4.68 Å². The number of carbonyl (C=O) groups excluding carboxylic acids is 1. The van der Waals surface area contributed by atoms with Crippen LogP contribution in [0.25, 0.3) is 5.69 Å². The third kappa shape index (κ3) is 2.83. The van der Waals surface area contributed by atoms with E-state index in [0.717, 1.165) is 37.3 Å². The molecule has 1 aliphatic rings. The van der Waals surface area contributed by atoms with E-state index in [2.05, 4.69) is 26.2 Å². The van der Waals surface area contributed by atoms with Gasteiger partial charge in [0, 0.05) is 12.2 Å².